The molecular weight excluding hydrogens is 1770 g/mol. The van der Waals surface area contributed by atoms with Crippen LogP contribution in [0.1, 0.15) is 149 Å². The first-order valence-corrected chi connectivity index (χ1v) is 46.8. The number of nitrogens with two attached hydrogens (primary N) is 4. The zero-order valence-corrected chi connectivity index (χ0v) is 78.8. The Balaban J connectivity index is 1.21. The second kappa shape index (κ2) is 50.5. The number of amides is 16. The van der Waals surface area contributed by atoms with Crippen LogP contribution in [0.5, 0.6) is 5.75 Å². The number of Topliss-reactive ketones (excluding diaryl/α,β-unsaturated/α-hetero) is 1. The number of fused-ring (bicyclic) bond motifs is 4. The van der Waals surface area contributed by atoms with Crippen LogP contribution < -0.4 is 76.5 Å². The number of aromatic nitrogens is 3. The number of nitrogens with zero attached hydrogens (tertiary/aromatic N) is 7. The van der Waals surface area contributed by atoms with Crippen molar-refractivity contribution in [1.29, 1.82) is 0 Å². The number of carbonyl (C=O) groups is 18. The molecule has 16 amide bonds. The number of H-pyrrole nitrogens is 1. The Morgan fingerprint density at radius 1 is 0.570 bits per heavy atom. The molecule has 5 aromatic rings. The summed E-state index contributed by atoms with van der Waals surface area (Å²) in [7, 11) is 3.80. The molecule has 3 aromatic carbocycles. The van der Waals surface area contributed by atoms with Crippen molar-refractivity contribution in [2.24, 2.45) is 40.7 Å². The van der Waals surface area contributed by atoms with Gasteiger partial charge in [-0.1, -0.05) is 110 Å². The molecule has 0 aliphatic carbocycles. The summed E-state index contributed by atoms with van der Waals surface area (Å²) in [4.78, 5) is 285. The number of unbranched alkanes of at least 4 members (excludes halogenated alkanes) is 2. The Labute approximate surface area is 785 Å². The van der Waals surface area contributed by atoms with E-state index in [0.717, 1.165) is 45.4 Å². The van der Waals surface area contributed by atoms with Crippen LogP contribution in [0, 0.1) is 17.8 Å². The van der Waals surface area contributed by atoms with E-state index in [1.165, 1.54) is 64.5 Å². The number of likely N-dealkylation sites (N-methyl/N-ethyl adjacent to an activating group) is 3. The minimum absolute atomic E-state index is 0.0203. The van der Waals surface area contributed by atoms with Gasteiger partial charge in [0.05, 0.1) is 48.4 Å². The van der Waals surface area contributed by atoms with Gasteiger partial charge in [-0.25, -0.2) is 4.79 Å². The van der Waals surface area contributed by atoms with Crippen LogP contribution in [-0.4, -0.2) is 310 Å². The number of nitrogens with one attached hydrogen (secondary N) is 10. The van der Waals surface area contributed by atoms with Crippen molar-refractivity contribution in [3.8, 4) is 5.75 Å². The number of aliphatic hydroxyl groups is 1. The van der Waals surface area contributed by atoms with Crippen molar-refractivity contribution in [3.63, 3.8) is 0 Å². The number of para-hydroxylation sites is 3. The molecule has 2 aromatic heterocycles. The lowest BCUT2D eigenvalue weighted by atomic mass is 9.90. The van der Waals surface area contributed by atoms with Crippen molar-refractivity contribution in [2.45, 2.75) is 249 Å². The van der Waals surface area contributed by atoms with Crippen LogP contribution in [0.4, 0.5) is 0 Å². The highest BCUT2D eigenvalue weighted by Gasteiger charge is 2.47. The van der Waals surface area contributed by atoms with Gasteiger partial charge < -0.3 is 116 Å². The lowest BCUT2D eigenvalue weighted by molar-refractivity contribution is -0.149. The quantitative estimate of drug-likeness (QED) is 0.0271. The third-order valence-electron chi connectivity index (χ3n) is 24.4. The fourth-order valence-electron chi connectivity index (χ4n) is 17.0. The molecule has 3 aliphatic heterocycles. The number of aliphatic hydroxyl groups excluding tert-OH is 1. The number of thioether (sulfide) groups is 1. The second-order valence-electron chi connectivity index (χ2n) is 35.6. The van der Waals surface area contributed by atoms with Crippen molar-refractivity contribution < 1.29 is 102 Å². The SMILES string of the molecule is CCCC[C@H]1C(=O)N(C)[C@@H](CCCC)C(=O)N[C@@H](CC(C)C)C(=O)N[C@H](C(=O)NCC(N)=O)CSCC(=O)N[C@@H](Cc2ccc(O)cc2)C(=O)N(C)[C@@H](C)C(=O)N[C@@H](CC(N)=O)C(=O)N2CCC[C@H]2C(=O)N[C@@H](CN)C(=O)N[C@@H](CC(C)C)C(=O)N2C[C@H](O)C[C@H]2C(=O)C[C@@H](Cc2c[nH]c3ccccc23)C(=O)N[C@@H](CCN)C(=O)N[C@@H](Cn2c(=O)n(CC(=O)O)c3ccccc32)C(=O)N1C. The maximum absolute atomic E-state index is 16.0. The molecule has 135 heavy (non-hydrogen) atoms. The van der Waals surface area contributed by atoms with Crippen molar-refractivity contribution in [1.82, 2.24) is 86.5 Å². The number of aromatic amines is 1. The van der Waals surface area contributed by atoms with Crippen LogP contribution in [0.2, 0.25) is 0 Å². The van der Waals surface area contributed by atoms with E-state index in [2.05, 4.69) is 52.8 Å². The highest BCUT2D eigenvalue weighted by atomic mass is 32.2. The van der Waals surface area contributed by atoms with E-state index in [4.69, 9.17) is 22.9 Å². The minimum atomic E-state index is -1.89. The van der Waals surface area contributed by atoms with Gasteiger partial charge in [0.2, 0.25) is 94.5 Å². The van der Waals surface area contributed by atoms with E-state index in [1.54, 1.807) is 70.3 Å². The van der Waals surface area contributed by atoms with Gasteiger partial charge in [0, 0.05) is 88.8 Å². The third-order valence-corrected chi connectivity index (χ3v) is 25.4. The lowest BCUT2D eigenvalue weighted by Gasteiger charge is -2.36. The molecule has 3 fully saturated rings. The van der Waals surface area contributed by atoms with Gasteiger partial charge in [0.1, 0.15) is 84.8 Å². The Morgan fingerprint density at radius 2 is 1.14 bits per heavy atom. The van der Waals surface area contributed by atoms with E-state index in [0.29, 0.717) is 41.3 Å². The number of ketones is 1. The van der Waals surface area contributed by atoms with Gasteiger partial charge in [0.25, 0.3) is 0 Å². The average Bonchev–Trinajstić information content (AvgIpc) is 1.62. The van der Waals surface area contributed by atoms with E-state index in [-0.39, 0.29) is 112 Å². The van der Waals surface area contributed by atoms with Crippen LogP contribution >= 0.6 is 11.8 Å². The summed E-state index contributed by atoms with van der Waals surface area (Å²) >= 11 is 0.773. The van der Waals surface area contributed by atoms with Gasteiger partial charge in [-0.3, -0.25) is 95.4 Å². The maximum atomic E-state index is 16.0. The molecule has 3 saturated heterocycles. The first-order chi connectivity index (χ1) is 64.0. The Bertz CT molecular complexity index is 5180. The van der Waals surface area contributed by atoms with Crippen molar-refractivity contribution in [3.05, 3.63) is 101 Å². The lowest BCUT2D eigenvalue weighted by Crippen LogP contribution is -2.61. The zero-order chi connectivity index (χ0) is 99.5. The number of aromatic hydroxyl groups is 1. The summed E-state index contributed by atoms with van der Waals surface area (Å²) < 4.78 is 2.00. The summed E-state index contributed by atoms with van der Waals surface area (Å²) in [5.41, 5.74) is 24.4. The smallest absolute Gasteiger partial charge is 0.329 e. The van der Waals surface area contributed by atoms with Gasteiger partial charge in [-0.2, -0.15) is 0 Å². The summed E-state index contributed by atoms with van der Waals surface area (Å²) in [5, 5.41) is 56.0. The second-order valence-corrected chi connectivity index (χ2v) is 36.6. The predicted molar refractivity (Wildman–Crippen MR) is 496 cm³/mol. The number of phenolic OH excluding ortho intramolecular Hbond substituents is 1. The van der Waals surface area contributed by atoms with Gasteiger partial charge >= 0.3 is 11.7 Å². The number of hydrogen-bond donors (Lipinski definition) is 17. The van der Waals surface area contributed by atoms with E-state index < -0.39 is 260 Å². The van der Waals surface area contributed by atoms with E-state index >= 15 is 33.6 Å². The predicted octanol–water partition coefficient (Wildman–Crippen LogP) is -2.53. The van der Waals surface area contributed by atoms with Gasteiger partial charge in [-0.05, 0) is 118 Å². The molecule has 0 saturated carbocycles. The number of imidazole rings is 1. The summed E-state index contributed by atoms with van der Waals surface area (Å²) in [6, 6.07) is -1.60. The summed E-state index contributed by atoms with van der Waals surface area (Å²) in [5.74, 6) is -20.6. The normalized spacial score (nSPS) is 24.9. The fourth-order valence-corrected chi connectivity index (χ4v) is 17.9. The molecule has 0 unspecified atom stereocenters. The minimum Gasteiger partial charge on any atom is -0.508 e. The van der Waals surface area contributed by atoms with Crippen LogP contribution in [-0.2, 0) is 112 Å². The first-order valence-electron chi connectivity index (χ1n) is 45.6. The Kier molecular flexibility index (Phi) is 40.2. The summed E-state index contributed by atoms with van der Waals surface area (Å²) in [6.07, 6.45) is -1.03. The highest BCUT2D eigenvalue weighted by molar-refractivity contribution is 8.00. The molecule has 8 rings (SSSR count). The molecule has 738 valence electrons. The number of carboxylic acid groups (broad SMARTS) is 1. The molecule has 44 heteroatoms. The fraction of sp³-hybridized carbons (Fsp3) is 0.571. The van der Waals surface area contributed by atoms with Crippen molar-refractivity contribution >= 4 is 140 Å². The van der Waals surface area contributed by atoms with Gasteiger partial charge in [0.15, 0.2) is 5.78 Å². The van der Waals surface area contributed by atoms with Gasteiger partial charge in [-0.15, -0.1) is 11.8 Å². The molecule has 0 bridgehead atoms. The molecule has 43 nitrogen and oxygen atoms in total. The Morgan fingerprint density at radius 3 is 1.77 bits per heavy atom. The van der Waals surface area contributed by atoms with Crippen LogP contribution in [0.15, 0.2) is 83.8 Å². The average molecular weight is 1900 g/mol. The molecule has 0 radical (unpaired) electrons. The monoisotopic (exact) mass is 1900 g/mol. The standard InChI is InChI=1S/C91H131N21O22S/c1-11-13-22-69-84(127)100-60(34-49(3)4)82(125)105-66(80(123)97-43-75(95)117)47-135-48-76(118)98-62(36-52-27-29-55(113)30-28-52)86(129)106(8)51(7)78(121)101-63(40-74(94)116)88(131)109-33-19-26-70(109)85(128)103-64(41-93)83(126)102-61(35-50(5)6)89(132)110-44-56(114)39-72(110)73(115)38-53(37-54-42-96-58-21-16-15-20-57(54)58)79(122)99-59(31-32-92)81(124)104-65(87(130)108(10)71(23-14-12-2)90(133)107(69)9)45-111-67-24-17-18-25-68(67)112(91(111)134)46-77(119)120/h15-18,20-21,24-25,27-30,42,49-51,53,56,59-66,69-72,96,113-114H,11-14,19,22-23,26,31-41,43-48,92-93H2,1-10H3,(H2,94,116)(H2,95,117)(H,97,123)(H,98,118)(H,99,122)(H,100,127)(H,101,121)(H,102,126)(H,103,128)(H,104,124)(H,105,125)(H,119,120)/t51-,53+,56+,59-,60-,61-,62-,63-,64-,65-,66-,69-,70-,71-,72-/m0/s1. The Hall–Kier alpha value is -12.8. The zero-order valence-electron chi connectivity index (χ0n) is 77.9. The van der Waals surface area contributed by atoms with E-state index in [9.17, 15) is 72.9 Å². The number of hydrogen-bond acceptors (Lipinski definition) is 24. The molecule has 5 heterocycles. The number of phenols is 1. The molecular formula is C91H131N21O22S. The molecule has 21 N–H and O–H groups in total. The number of carboxylic acids is 1. The number of aliphatic carboxylic acids is 1. The van der Waals surface area contributed by atoms with E-state index in [1.807, 2.05) is 13.8 Å². The number of carbonyl (C=O) groups excluding carboxylic acids is 17. The van der Waals surface area contributed by atoms with Crippen molar-refractivity contribution in [2.75, 3.05) is 65.4 Å². The first kappa shape index (κ1) is 107. The molecule has 0 spiro atoms. The topological polar surface area (TPSA) is 639 Å². The maximum Gasteiger partial charge on any atom is 0.329 e. The third kappa shape index (κ3) is 29.3. The number of rotatable bonds is 26. The number of primary amides is 2. The number of benzene rings is 3. The highest BCUT2D eigenvalue weighted by Crippen LogP contribution is 2.30. The largest absolute Gasteiger partial charge is 0.508 e. The molecule has 15 atom stereocenters. The summed E-state index contributed by atoms with van der Waals surface area (Å²) in [6.45, 7) is 8.07. The van der Waals surface area contributed by atoms with Crippen LogP contribution in [0.25, 0.3) is 21.9 Å². The molecule has 3 aliphatic rings. The van der Waals surface area contributed by atoms with Crippen LogP contribution in [0.3, 0.4) is 0 Å².